The minimum absolute atomic E-state index is 0.374. The molecule has 0 aromatic heterocycles. The number of phenols is 1. The first-order valence-corrected chi connectivity index (χ1v) is 29.8. The molecule has 1 rings (SSSR count). The van der Waals surface area contributed by atoms with Crippen LogP contribution in [0, 0.1) is 0 Å². The van der Waals surface area contributed by atoms with Crippen molar-refractivity contribution in [2.75, 3.05) is 35.6 Å². The molecule has 4 N–H and O–H groups in total. The highest BCUT2D eigenvalue weighted by Crippen LogP contribution is 2.38. The standard InChI is InChI=1S/C60H117N3O/c1-4-7-10-13-16-19-22-25-28-31-34-37-40-43-46-49-54-61-57-52-53-58(64)60(63-56-51-48-45-42-39-36-33-30-27-24-21-18-15-12-9-6-3)59(57)62-55-50-47-44-41-38-35-32-29-26-23-20-17-14-11-8-5-2/h52-53,61-64H,4-51,54-56H2,1-3H3. The Kier molecular flexibility index (Phi) is 48.0. The molecular weight excluding hydrogens is 779 g/mol. The van der Waals surface area contributed by atoms with E-state index in [4.69, 9.17) is 0 Å². The Labute approximate surface area is 403 Å². The first-order valence-electron chi connectivity index (χ1n) is 29.8. The number of anilines is 3. The van der Waals surface area contributed by atoms with Gasteiger partial charge in [-0.1, -0.05) is 310 Å². The minimum Gasteiger partial charge on any atom is -0.506 e. The van der Waals surface area contributed by atoms with Crippen LogP contribution < -0.4 is 16.0 Å². The molecule has 0 aliphatic heterocycles. The van der Waals surface area contributed by atoms with E-state index in [0.29, 0.717) is 5.75 Å². The van der Waals surface area contributed by atoms with Crippen molar-refractivity contribution in [2.45, 2.75) is 329 Å². The third kappa shape index (κ3) is 40.7. The summed E-state index contributed by atoms with van der Waals surface area (Å²) in [6, 6.07) is 3.99. The summed E-state index contributed by atoms with van der Waals surface area (Å²) in [4.78, 5) is 0. The molecule has 0 bridgehead atoms. The molecule has 0 radical (unpaired) electrons. The van der Waals surface area contributed by atoms with E-state index in [2.05, 4.69) is 42.8 Å². The van der Waals surface area contributed by atoms with Crippen molar-refractivity contribution in [1.82, 2.24) is 0 Å². The SMILES string of the molecule is CCCCCCCCCCCCCCCCCCNc1ccc(O)c(NCCCCCCCCCCCCCCCCCC)c1NCCCCCCCCCCCCCCCCCC. The van der Waals surface area contributed by atoms with E-state index in [1.807, 2.05) is 6.07 Å². The van der Waals surface area contributed by atoms with Crippen LogP contribution in [0.25, 0.3) is 0 Å². The van der Waals surface area contributed by atoms with Crippen LogP contribution in [0.5, 0.6) is 5.75 Å². The van der Waals surface area contributed by atoms with E-state index in [1.165, 1.54) is 302 Å². The lowest BCUT2D eigenvalue weighted by molar-refractivity contribution is 0.477. The molecule has 0 saturated carbocycles. The summed E-state index contributed by atoms with van der Waals surface area (Å²) in [6.07, 6.45) is 67.0. The maximum absolute atomic E-state index is 11.1. The van der Waals surface area contributed by atoms with Gasteiger partial charge in [0, 0.05) is 19.6 Å². The van der Waals surface area contributed by atoms with E-state index in [1.54, 1.807) is 0 Å². The van der Waals surface area contributed by atoms with Crippen LogP contribution in [0.3, 0.4) is 0 Å². The number of rotatable bonds is 54. The first kappa shape index (κ1) is 60.4. The zero-order valence-electron chi connectivity index (χ0n) is 44.2. The smallest absolute Gasteiger partial charge is 0.140 e. The van der Waals surface area contributed by atoms with Crippen molar-refractivity contribution in [3.8, 4) is 5.75 Å². The third-order valence-electron chi connectivity index (χ3n) is 14.2. The van der Waals surface area contributed by atoms with Gasteiger partial charge in [0.1, 0.15) is 11.4 Å². The van der Waals surface area contributed by atoms with Crippen LogP contribution in [0.4, 0.5) is 17.1 Å². The second kappa shape index (κ2) is 50.8. The second-order valence-electron chi connectivity index (χ2n) is 20.6. The Morgan fingerprint density at radius 1 is 0.250 bits per heavy atom. The predicted molar refractivity (Wildman–Crippen MR) is 292 cm³/mol. The molecule has 0 saturated heterocycles. The third-order valence-corrected chi connectivity index (χ3v) is 14.2. The van der Waals surface area contributed by atoms with Gasteiger partial charge >= 0.3 is 0 Å². The van der Waals surface area contributed by atoms with Crippen LogP contribution in [0.15, 0.2) is 12.1 Å². The Morgan fingerprint density at radius 3 is 0.703 bits per heavy atom. The Balaban J connectivity index is 2.35. The number of hydrogen-bond acceptors (Lipinski definition) is 4. The van der Waals surface area contributed by atoms with Gasteiger partial charge in [0.15, 0.2) is 0 Å². The average molecular weight is 897 g/mol. The van der Waals surface area contributed by atoms with Crippen molar-refractivity contribution < 1.29 is 5.11 Å². The van der Waals surface area contributed by atoms with E-state index in [-0.39, 0.29) is 0 Å². The van der Waals surface area contributed by atoms with Gasteiger partial charge in [-0.05, 0) is 31.4 Å². The molecule has 0 fully saturated rings. The summed E-state index contributed by atoms with van der Waals surface area (Å²) in [5, 5.41) is 22.4. The molecule has 64 heavy (non-hydrogen) atoms. The van der Waals surface area contributed by atoms with E-state index >= 15 is 0 Å². The van der Waals surface area contributed by atoms with Gasteiger partial charge in [-0.15, -0.1) is 0 Å². The molecule has 0 aliphatic rings. The summed E-state index contributed by atoms with van der Waals surface area (Å²) in [7, 11) is 0. The number of phenolic OH excluding ortho intramolecular Hbond substituents is 1. The van der Waals surface area contributed by atoms with Crippen molar-refractivity contribution >= 4 is 17.1 Å². The zero-order valence-corrected chi connectivity index (χ0v) is 44.2. The molecular formula is C60H117N3O. The monoisotopic (exact) mass is 896 g/mol. The highest BCUT2D eigenvalue weighted by Gasteiger charge is 2.13. The Morgan fingerprint density at radius 2 is 0.453 bits per heavy atom. The van der Waals surface area contributed by atoms with Gasteiger partial charge in [0.2, 0.25) is 0 Å². The molecule has 0 spiro atoms. The fourth-order valence-electron chi connectivity index (χ4n) is 9.77. The molecule has 378 valence electrons. The average Bonchev–Trinajstić information content (AvgIpc) is 3.30. The van der Waals surface area contributed by atoms with Gasteiger partial charge in [-0.25, -0.2) is 0 Å². The van der Waals surface area contributed by atoms with E-state index in [0.717, 1.165) is 43.1 Å². The fourth-order valence-corrected chi connectivity index (χ4v) is 9.77. The molecule has 1 aromatic carbocycles. The lowest BCUT2D eigenvalue weighted by Crippen LogP contribution is -2.12. The molecule has 0 aliphatic carbocycles. The van der Waals surface area contributed by atoms with Gasteiger partial charge in [-0.3, -0.25) is 0 Å². The molecule has 1 aromatic rings. The molecule has 0 atom stereocenters. The van der Waals surface area contributed by atoms with Gasteiger partial charge in [0.05, 0.1) is 11.4 Å². The van der Waals surface area contributed by atoms with Gasteiger partial charge in [-0.2, -0.15) is 0 Å². The molecule has 4 nitrogen and oxygen atoms in total. The number of benzene rings is 1. The summed E-state index contributed by atoms with van der Waals surface area (Å²) in [5.74, 6) is 0.374. The van der Waals surface area contributed by atoms with Crippen molar-refractivity contribution in [3.05, 3.63) is 12.1 Å². The summed E-state index contributed by atoms with van der Waals surface area (Å²) >= 11 is 0. The maximum atomic E-state index is 11.1. The number of aromatic hydroxyl groups is 1. The maximum Gasteiger partial charge on any atom is 0.140 e. The highest BCUT2D eigenvalue weighted by atomic mass is 16.3. The quantitative estimate of drug-likeness (QED) is 0.0299. The minimum atomic E-state index is 0.374. The molecule has 4 heteroatoms. The van der Waals surface area contributed by atoms with Crippen LogP contribution >= 0.6 is 0 Å². The number of unbranched alkanes of at least 4 members (excludes halogenated alkanes) is 45. The van der Waals surface area contributed by atoms with E-state index < -0.39 is 0 Å². The second-order valence-corrected chi connectivity index (χ2v) is 20.6. The number of nitrogens with one attached hydrogen (secondary N) is 3. The summed E-state index contributed by atoms with van der Waals surface area (Å²) in [5.41, 5.74) is 3.12. The zero-order chi connectivity index (χ0) is 45.9. The molecule has 0 heterocycles. The summed E-state index contributed by atoms with van der Waals surface area (Å²) in [6.45, 7) is 9.79. The highest BCUT2D eigenvalue weighted by molar-refractivity contribution is 5.86. The van der Waals surface area contributed by atoms with Crippen LogP contribution in [0.2, 0.25) is 0 Å². The lowest BCUT2D eigenvalue weighted by Gasteiger charge is -2.20. The Hall–Kier alpha value is -1.58. The fraction of sp³-hybridized carbons (Fsp3) is 0.900. The van der Waals surface area contributed by atoms with Crippen LogP contribution in [0.1, 0.15) is 329 Å². The van der Waals surface area contributed by atoms with Crippen LogP contribution in [-0.2, 0) is 0 Å². The van der Waals surface area contributed by atoms with E-state index in [9.17, 15) is 5.11 Å². The van der Waals surface area contributed by atoms with Crippen molar-refractivity contribution in [2.24, 2.45) is 0 Å². The number of hydrogen-bond donors (Lipinski definition) is 4. The van der Waals surface area contributed by atoms with Gasteiger partial charge < -0.3 is 21.1 Å². The normalized spacial score (nSPS) is 11.5. The topological polar surface area (TPSA) is 56.3 Å². The first-order chi connectivity index (χ1) is 31.7. The Bertz CT molecular complexity index is 1040. The lowest BCUT2D eigenvalue weighted by atomic mass is 10.0. The predicted octanol–water partition coefficient (Wildman–Crippen LogP) is 21.4. The van der Waals surface area contributed by atoms with Crippen molar-refractivity contribution in [1.29, 1.82) is 0 Å². The van der Waals surface area contributed by atoms with Crippen LogP contribution in [-0.4, -0.2) is 24.7 Å². The molecule has 0 unspecified atom stereocenters. The largest absolute Gasteiger partial charge is 0.506 e. The summed E-state index contributed by atoms with van der Waals surface area (Å²) < 4.78 is 0. The van der Waals surface area contributed by atoms with Crippen molar-refractivity contribution in [3.63, 3.8) is 0 Å². The van der Waals surface area contributed by atoms with Gasteiger partial charge in [0.25, 0.3) is 0 Å². The molecule has 0 amide bonds.